The van der Waals surface area contributed by atoms with Gasteiger partial charge in [0.05, 0.1) is 11.4 Å². The van der Waals surface area contributed by atoms with Gasteiger partial charge in [0, 0.05) is 22.7 Å². The first-order valence-electron chi connectivity index (χ1n) is 5.37. The number of hydrogen-bond acceptors (Lipinski definition) is 1. The molecular formula is C15H10N2. The largest absolute Gasteiger partial charge is 0.353 e. The quantitative estimate of drug-likeness (QED) is 0.624. The number of benzene rings is 1. The first-order chi connectivity index (χ1) is 8.36. The number of rotatable bonds is 1. The molecule has 0 aliphatic heterocycles. The molecule has 0 fully saturated rings. The van der Waals surface area contributed by atoms with Gasteiger partial charge in [0.2, 0.25) is 0 Å². The lowest BCUT2D eigenvalue weighted by Crippen LogP contribution is -1.84. The second-order valence-electron chi connectivity index (χ2n) is 3.85. The molecule has 2 heterocycles. The zero-order valence-electron chi connectivity index (χ0n) is 9.14. The Hall–Kier alpha value is -2.53. The van der Waals surface area contributed by atoms with Crippen molar-refractivity contribution in [2.24, 2.45) is 0 Å². The summed E-state index contributed by atoms with van der Waals surface area (Å²) in [6.45, 7) is 0. The summed E-state index contributed by atoms with van der Waals surface area (Å²) in [6, 6.07) is 14.1. The van der Waals surface area contributed by atoms with Crippen LogP contribution < -0.4 is 0 Å². The van der Waals surface area contributed by atoms with Gasteiger partial charge in [0.25, 0.3) is 0 Å². The van der Waals surface area contributed by atoms with E-state index in [0.29, 0.717) is 0 Å². The number of hydrogen-bond donors (Lipinski definition) is 1. The van der Waals surface area contributed by atoms with Gasteiger partial charge in [-0.3, -0.25) is 4.98 Å². The third-order valence-electron chi connectivity index (χ3n) is 2.74. The van der Waals surface area contributed by atoms with Gasteiger partial charge in [-0.15, -0.1) is 6.42 Å². The van der Waals surface area contributed by atoms with E-state index in [1.54, 1.807) is 6.20 Å². The van der Waals surface area contributed by atoms with Gasteiger partial charge in [-0.1, -0.05) is 24.1 Å². The molecule has 0 spiro atoms. The van der Waals surface area contributed by atoms with Crippen LogP contribution in [-0.4, -0.2) is 9.97 Å². The van der Waals surface area contributed by atoms with E-state index in [9.17, 15) is 0 Å². The maximum absolute atomic E-state index is 5.30. The van der Waals surface area contributed by atoms with E-state index in [-0.39, 0.29) is 0 Å². The van der Waals surface area contributed by atoms with Crippen molar-refractivity contribution < 1.29 is 0 Å². The second kappa shape index (κ2) is 3.80. The Kier molecular flexibility index (Phi) is 2.16. The first kappa shape index (κ1) is 9.68. The Morgan fingerprint density at radius 1 is 1.12 bits per heavy atom. The minimum absolute atomic E-state index is 0.796. The highest BCUT2D eigenvalue weighted by molar-refractivity contribution is 5.85. The molecule has 3 aromatic rings. The second-order valence-corrected chi connectivity index (χ2v) is 3.85. The van der Waals surface area contributed by atoms with E-state index in [1.165, 1.54) is 5.39 Å². The van der Waals surface area contributed by atoms with Gasteiger partial charge >= 0.3 is 0 Å². The summed E-state index contributed by atoms with van der Waals surface area (Å²) in [4.78, 5) is 7.68. The third kappa shape index (κ3) is 1.68. The minimum atomic E-state index is 0.796. The highest BCUT2D eigenvalue weighted by Crippen LogP contribution is 2.22. The molecule has 2 heteroatoms. The molecule has 0 atom stereocenters. The Balaban J connectivity index is 2.11. The van der Waals surface area contributed by atoms with Crippen LogP contribution >= 0.6 is 0 Å². The van der Waals surface area contributed by atoms with E-state index < -0.39 is 0 Å². The average molecular weight is 218 g/mol. The van der Waals surface area contributed by atoms with E-state index >= 15 is 0 Å². The lowest BCUT2D eigenvalue weighted by Gasteiger charge is -1.96. The summed E-state index contributed by atoms with van der Waals surface area (Å²) in [5.41, 5.74) is 3.82. The van der Waals surface area contributed by atoms with Crippen LogP contribution in [0, 0.1) is 12.3 Å². The fraction of sp³-hybridized carbons (Fsp3) is 0. The van der Waals surface area contributed by atoms with Crippen LogP contribution in [0.2, 0.25) is 0 Å². The first-order valence-corrected chi connectivity index (χ1v) is 5.37. The fourth-order valence-corrected chi connectivity index (χ4v) is 1.85. The number of fused-ring (bicyclic) bond motifs is 1. The summed E-state index contributed by atoms with van der Waals surface area (Å²) < 4.78 is 0. The van der Waals surface area contributed by atoms with Gasteiger partial charge in [-0.25, -0.2) is 0 Å². The van der Waals surface area contributed by atoms with Gasteiger partial charge in [0.1, 0.15) is 0 Å². The molecule has 0 bridgehead atoms. The van der Waals surface area contributed by atoms with E-state index in [4.69, 9.17) is 6.42 Å². The molecular weight excluding hydrogens is 208 g/mol. The van der Waals surface area contributed by atoms with Gasteiger partial charge in [0.15, 0.2) is 0 Å². The Labute approximate surface area is 99.3 Å². The number of pyridine rings is 1. The van der Waals surface area contributed by atoms with Crippen LogP contribution in [0.15, 0.2) is 48.7 Å². The molecule has 0 unspecified atom stereocenters. The minimum Gasteiger partial charge on any atom is -0.353 e. The van der Waals surface area contributed by atoms with Gasteiger partial charge in [-0.05, 0) is 24.3 Å². The van der Waals surface area contributed by atoms with Crippen molar-refractivity contribution in [1.29, 1.82) is 0 Å². The average Bonchev–Trinajstić information content (AvgIpc) is 2.82. The van der Waals surface area contributed by atoms with Crippen LogP contribution in [0.25, 0.3) is 22.3 Å². The zero-order chi connectivity index (χ0) is 11.7. The molecule has 0 aliphatic rings. The molecule has 1 N–H and O–H groups in total. The van der Waals surface area contributed by atoms with Gasteiger partial charge < -0.3 is 4.98 Å². The van der Waals surface area contributed by atoms with Crippen molar-refractivity contribution in [3.63, 3.8) is 0 Å². The van der Waals surface area contributed by atoms with Crippen LogP contribution in [0.3, 0.4) is 0 Å². The van der Waals surface area contributed by atoms with Crippen molar-refractivity contribution in [3.05, 3.63) is 54.2 Å². The molecule has 0 radical (unpaired) electrons. The number of terminal acetylenes is 1. The van der Waals surface area contributed by atoms with Crippen LogP contribution in [0.1, 0.15) is 5.56 Å². The topological polar surface area (TPSA) is 28.7 Å². The molecule has 80 valence electrons. The van der Waals surface area contributed by atoms with Crippen LogP contribution in [-0.2, 0) is 0 Å². The predicted octanol–water partition coefficient (Wildman–Crippen LogP) is 3.21. The smallest absolute Gasteiger partial charge is 0.0865 e. The van der Waals surface area contributed by atoms with Crippen LogP contribution in [0.5, 0.6) is 0 Å². The summed E-state index contributed by atoms with van der Waals surface area (Å²) in [5, 5.41) is 1.19. The maximum atomic E-state index is 5.30. The molecule has 2 nitrogen and oxygen atoms in total. The maximum Gasteiger partial charge on any atom is 0.0865 e. The Morgan fingerprint density at radius 2 is 2.00 bits per heavy atom. The molecule has 0 amide bonds. The molecule has 0 saturated carbocycles. The fourth-order valence-electron chi connectivity index (χ4n) is 1.85. The predicted molar refractivity (Wildman–Crippen MR) is 69.5 cm³/mol. The van der Waals surface area contributed by atoms with Crippen molar-refractivity contribution in [1.82, 2.24) is 9.97 Å². The summed E-state index contributed by atoms with van der Waals surface area (Å²) in [6.07, 6.45) is 7.01. The summed E-state index contributed by atoms with van der Waals surface area (Å²) >= 11 is 0. The number of aromatic amines is 1. The van der Waals surface area contributed by atoms with Crippen molar-refractivity contribution in [3.8, 4) is 23.7 Å². The molecule has 0 aliphatic carbocycles. The van der Waals surface area contributed by atoms with E-state index in [2.05, 4.69) is 34.1 Å². The van der Waals surface area contributed by atoms with Gasteiger partial charge in [-0.2, -0.15) is 0 Å². The molecule has 2 aromatic heterocycles. The van der Waals surface area contributed by atoms with Crippen LogP contribution in [0.4, 0.5) is 0 Å². The zero-order valence-corrected chi connectivity index (χ0v) is 9.14. The number of H-pyrrole nitrogens is 1. The number of nitrogens with zero attached hydrogens (tertiary/aromatic N) is 1. The van der Waals surface area contributed by atoms with Crippen molar-refractivity contribution >= 4 is 10.9 Å². The number of aromatic nitrogens is 2. The van der Waals surface area contributed by atoms with Crippen molar-refractivity contribution in [2.45, 2.75) is 0 Å². The summed E-state index contributed by atoms with van der Waals surface area (Å²) in [7, 11) is 0. The van der Waals surface area contributed by atoms with Crippen molar-refractivity contribution in [2.75, 3.05) is 0 Å². The molecule has 17 heavy (non-hydrogen) atoms. The molecule has 0 saturated heterocycles. The Bertz CT molecular complexity index is 667. The normalized spacial score (nSPS) is 10.3. The lowest BCUT2D eigenvalue weighted by atomic mass is 10.2. The lowest BCUT2D eigenvalue weighted by molar-refractivity contribution is 1.28. The monoisotopic (exact) mass is 218 g/mol. The SMILES string of the molecule is C#Cc1ccc(-c2cc3ccccc3[nH]2)nc1. The van der Waals surface area contributed by atoms with E-state index in [0.717, 1.165) is 22.5 Å². The highest BCUT2D eigenvalue weighted by Gasteiger charge is 2.03. The van der Waals surface area contributed by atoms with E-state index in [1.807, 2.05) is 24.3 Å². The Morgan fingerprint density at radius 3 is 2.71 bits per heavy atom. The standard InChI is InChI=1S/C15H10N2/c1-2-11-7-8-14(16-10-11)15-9-12-5-3-4-6-13(12)17-15/h1,3-10,17H. The molecule has 3 rings (SSSR count). The third-order valence-corrected chi connectivity index (χ3v) is 2.74. The number of nitrogens with one attached hydrogen (secondary N) is 1. The highest BCUT2D eigenvalue weighted by atomic mass is 14.8. The molecule has 1 aromatic carbocycles. The number of para-hydroxylation sites is 1. The summed E-state index contributed by atoms with van der Waals surface area (Å²) in [5.74, 6) is 2.56.